The SMILES string of the molecule is CCC(O)C(C)C1OC1CC(C)/C=C/C=C(\C)C1OC(=O)CC(O)/C=C\C(C)(OC(C)=O)C(OC(C)=O)/C=C\C1C. The summed E-state index contributed by atoms with van der Waals surface area (Å²) in [5, 5.41) is 20.5. The van der Waals surface area contributed by atoms with Crippen molar-refractivity contribution < 1.29 is 43.5 Å². The van der Waals surface area contributed by atoms with Gasteiger partial charge in [0.1, 0.15) is 6.10 Å². The molecule has 2 aliphatic heterocycles. The number of epoxide rings is 1. The molecule has 0 aromatic rings. The van der Waals surface area contributed by atoms with Crippen molar-refractivity contribution in [2.24, 2.45) is 17.8 Å². The smallest absolute Gasteiger partial charge is 0.309 e. The summed E-state index contributed by atoms with van der Waals surface area (Å²) < 4.78 is 22.6. The van der Waals surface area contributed by atoms with Crippen molar-refractivity contribution in [3.05, 3.63) is 48.1 Å². The van der Waals surface area contributed by atoms with Crippen LogP contribution in [0.3, 0.4) is 0 Å². The van der Waals surface area contributed by atoms with Gasteiger partial charge in [0.2, 0.25) is 0 Å². The average molecular weight is 577 g/mol. The molecular formula is C32H48O9. The Morgan fingerprint density at radius 3 is 2.46 bits per heavy atom. The van der Waals surface area contributed by atoms with Gasteiger partial charge in [-0.3, -0.25) is 14.4 Å². The average Bonchev–Trinajstić information content (AvgIpc) is 3.64. The summed E-state index contributed by atoms with van der Waals surface area (Å²) in [5.74, 6) is -1.73. The minimum atomic E-state index is -1.41. The summed E-state index contributed by atoms with van der Waals surface area (Å²) in [7, 11) is 0. The third-order valence-corrected chi connectivity index (χ3v) is 7.59. The van der Waals surface area contributed by atoms with E-state index in [1.54, 1.807) is 19.1 Å². The van der Waals surface area contributed by atoms with E-state index >= 15 is 0 Å². The summed E-state index contributed by atoms with van der Waals surface area (Å²) in [6, 6.07) is 0. The molecule has 0 aromatic carbocycles. The largest absolute Gasteiger partial charge is 0.457 e. The van der Waals surface area contributed by atoms with Crippen LogP contribution in [0.25, 0.3) is 0 Å². The fourth-order valence-corrected chi connectivity index (χ4v) is 5.08. The maximum Gasteiger partial charge on any atom is 0.309 e. The molecule has 0 radical (unpaired) electrons. The molecule has 41 heavy (non-hydrogen) atoms. The first-order chi connectivity index (χ1) is 19.2. The van der Waals surface area contributed by atoms with E-state index in [1.807, 2.05) is 39.8 Å². The van der Waals surface area contributed by atoms with E-state index in [0.29, 0.717) is 6.42 Å². The molecule has 0 aromatic heterocycles. The first kappa shape index (κ1) is 34.5. The van der Waals surface area contributed by atoms with Crippen LogP contribution in [0.15, 0.2) is 48.1 Å². The van der Waals surface area contributed by atoms with Crippen LogP contribution in [-0.2, 0) is 33.3 Å². The summed E-state index contributed by atoms with van der Waals surface area (Å²) in [4.78, 5) is 36.5. The van der Waals surface area contributed by atoms with Gasteiger partial charge in [-0.2, -0.15) is 0 Å². The number of aliphatic hydroxyl groups is 2. The highest BCUT2D eigenvalue weighted by atomic mass is 16.6. The van der Waals surface area contributed by atoms with Gasteiger partial charge in [-0.1, -0.05) is 58.1 Å². The Morgan fingerprint density at radius 2 is 1.85 bits per heavy atom. The van der Waals surface area contributed by atoms with Crippen LogP contribution in [0.1, 0.15) is 74.7 Å². The Bertz CT molecular complexity index is 1030. The normalized spacial score (nSPS) is 34.8. The van der Waals surface area contributed by atoms with Crippen LogP contribution in [0.5, 0.6) is 0 Å². The van der Waals surface area contributed by atoms with E-state index in [9.17, 15) is 24.6 Å². The zero-order valence-corrected chi connectivity index (χ0v) is 25.6. The highest BCUT2D eigenvalue weighted by Crippen LogP contribution is 2.36. The molecule has 0 saturated carbocycles. The molecule has 0 bridgehead atoms. The van der Waals surface area contributed by atoms with E-state index in [4.69, 9.17) is 18.9 Å². The van der Waals surface area contributed by atoms with Crippen LogP contribution in [0.2, 0.25) is 0 Å². The van der Waals surface area contributed by atoms with Crippen molar-refractivity contribution in [3.63, 3.8) is 0 Å². The molecular weight excluding hydrogens is 528 g/mol. The second-order valence-electron chi connectivity index (χ2n) is 11.6. The number of cyclic esters (lactones) is 1. The van der Waals surface area contributed by atoms with Gasteiger partial charge in [-0.25, -0.2) is 0 Å². The Morgan fingerprint density at radius 1 is 1.17 bits per heavy atom. The molecule has 9 heteroatoms. The molecule has 9 nitrogen and oxygen atoms in total. The number of hydrogen-bond donors (Lipinski definition) is 2. The molecule has 10 atom stereocenters. The summed E-state index contributed by atoms with van der Waals surface area (Å²) in [5.41, 5.74) is -0.624. The van der Waals surface area contributed by atoms with E-state index in [2.05, 4.69) is 13.0 Å². The molecule has 2 aliphatic rings. The standard InChI is InChI=1S/C32H48O9/c1-9-26(36)22(5)31-27(39-31)17-19(2)11-10-12-20(3)30-21(4)13-14-28(38-23(6)33)32(8,41-24(7)34)16-15-25(35)18-29(37)40-30/h10-16,19,21-22,25-28,30-31,35-36H,9,17-18H2,1-8H3/b11-10+,14-13-,16-15-,20-12+. The highest BCUT2D eigenvalue weighted by molar-refractivity contribution is 5.71. The van der Waals surface area contributed by atoms with Gasteiger partial charge in [0, 0.05) is 25.7 Å². The Balaban J connectivity index is 2.22. The lowest BCUT2D eigenvalue weighted by Gasteiger charge is -2.33. The van der Waals surface area contributed by atoms with Gasteiger partial charge in [-0.15, -0.1) is 0 Å². The van der Waals surface area contributed by atoms with Crippen LogP contribution in [0.4, 0.5) is 0 Å². The van der Waals surface area contributed by atoms with Crippen LogP contribution in [0, 0.1) is 17.8 Å². The number of esters is 3. The van der Waals surface area contributed by atoms with Crippen molar-refractivity contribution in [1.82, 2.24) is 0 Å². The van der Waals surface area contributed by atoms with Gasteiger partial charge in [0.25, 0.3) is 0 Å². The van der Waals surface area contributed by atoms with Crippen molar-refractivity contribution >= 4 is 17.9 Å². The molecule has 1 fully saturated rings. The fraction of sp³-hybridized carbons (Fsp3) is 0.656. The predicted molar refractivity (Wildman–Crippen MR) is 154 cm³/mol. The molecule has 0 aliphatic carbocycles. The van der Waals surface area contributed by atoms with Crippen LogP contribution < -0.4 is 0 Å². The number of carbonyl (C=O) groups is 3. The zero-order valence-electron chi connectivity index (χ0n) is 25.6. The van der Waals surface area contributed by atoms with E-state index < -0.39 is 41.8 Å². The zero-order chi connectivity index (χ0) is 30.9. The van der Waals surface area contributed by atoms with Crippen molar-refractivity contribution in [3.8, 4) is 0 Å². The molecule has 0 spiro atoms. The quantitative estimate of drug-likeness (QED) is 0.128. The van der Waals surface area contributed by atoms with E-state index in [0.717, 1.165) is 12.0 Å². The van der Waals surface area contributed by atoms with E-state index in [-0.39, 0.29) is 42.5 Å². The molecule has 1 saturated heterocycles. The Hall–Kier alpha value is -2.75. The Labute approximate surface area is 244 Å². The third-order valence-electron chi connectivity index (χ3n) is 7.59. The summed E-state index contributed by atoms with van der Waals surface area (Å²) in [6.07, 6.45) is 10.3. The minimum absolute atomic E-state index is 0.0880. The number of allylic oxidation sites excluding steroid dienone is 3. The van der Waals surface area contributed by atoms with Crippen LogP contribution in [-0.4, -0.2) is 70.3 Å². The number of aliphatic hydroxyl groups excluding tert-OH is 2. The molecule has 2 N–H and O–H groups in total. The molecule has 230 valence electrons. The topological polar surface area (TPSA) is 132 Å². The van der Waals surface area contributed by atoms with Gasteiger partial charge >= 0.3 is 17.9 Å². The van der Waals surface area contributed by atoms with Gasteiger partial charge in [0.15, 0.2) is 11.7 Å². The third kappa shape index (κ3) is 10.9. The summed E-state index contributed by atoms with van der Waals surface area (Å²) >= 11 is 0. The molecule has 10 unspecified atom stereocenters. The number of ether oxygens (including phenoxy) is 4. The fourth-order valence-electron chi connectivity index (χ4n) is 5.08. The first-order valence-electron chi connectivity index (χ1n) is 14.5. The monoisotopic (exact) mass is 576 g/mol. The second kappa shape index (κ2) is 15.5. The van der Waals surface area contributed by atoms with Crippen molar-refractivity contribution in [2.75, 3.05) is 0 Å². The van der Waals surface area contributed by atoms with Gasteiger partial charge in [-0.05, 0) is 50.3 Å². The number of hydrogen-bond acceptors (Lipinski definition) is 9. The lowest BCUT2D eigenvalue weighted by atomic mass is 9.92. The lowest BCUT2D eigenvalue weighted by Crippen LogP contribution is -2.43. The molecule has 0 amide bonds. The number of rotatable bonds is 10. The minimum Gasteiger partial charge on any atom is -0.457 e. The number of carbonyl (C=O) groups excluding carboxylic acids is 3. The van der Waals surface area contributed by atoms with Crippen molar-refractivity contribution in [1.29, 1.82) is 0 Å². The van der Waals surface area contributed by atoms with E-state index in [1.165, 1.54) is 26.0 Å². The maximum atomic E-state index is 12.7. The predicted octanol–water partition coefficient (Wildman–Crippen LogP) is 4.37. The van der Waals surface area contributed by atoms with Gasteiger partial charge in [0.05, 0.1) is 30.8 Å². The lowest BCUT2D eigenvalue weighted by molar-refractivity contribution is -0.169. The Kier molecular flexibility index (Phi) is 13.0. The molecule has 2 heterocycles. The molecule has 2 rings (SSSR count). The summed E-state index contributed by atoms with van der Waals surface area (Å²) in [6.45, 7) is 13.9. The van der Waals surface area contributed by atoms with Crippen molar-refractivity contribution in [2.45, 2.75) is 117 Å². The highest BCUT2D eigenvalue weighted by Gasteiger charge is 2.45. The van der Waals surface area contributed by atoms with Gasteiger partial charge < -0.3 is 29.2 Å². The maximum absolute atomic E-state index is 12.7. The first-order valence-corrected chi connectivity index (χ1v) is 14.5. The van der Waals surface area contributed by atoms with Crippen LogP contribution >= 0.6 is 0 Å². The second-order valence-corrected chi connectivity index (χ2v) is 11.6.